The average Bonchev–Trinajstić information content (AvgIpc) is 2.57. The van der Waals surface area contributed by atoms with Gasteiger partial charge in [0.1, 0.15) is 27.3 Å². The van der Waals surface area contributed by atoms with Crippen LogP contribution in [-0.2, 0) is 14.6 Å². The third-order valence-electron chi connectivity index (χ3n) is 3.64. The monoisotopic (exact) mass is 413 g/mol. The standard InChI is InChI=1S/C16H16FN3O7S/c1-28(26,27)7-6-12(15(23)24)18-8-11-13(21)19-16(25)20(14(11)22)10-4-2-9(17)3-5-10/h2-5,8,12,22H,6-7H2,1H3,(H,23,24)(H,19,21,25)/t12-/m1/s1. The van der Waals surface area contributed by atoms with Crippen molar-refractivity contribution in [1.29, 1.82) is 0 Å². The first kappa shape index (κ1) is 21.0. The molecule has 10 nitrogen and oxygen atoms in total. The van der Waals surface area contributed by atoms with Crippen LogP contribution in [0.4, 0.5) is 4.39 Å². The van der Waals surface area contributed by atoms with Crippen LogP contribution in [-0.4, -0.2) is 58.4 Å². The van der Waals surface area contributed by atoms with Gasteiger partial charge in [0.25, 0.3) is 5.56 Å². The van der Waals surface area contributed by atoms with Crippen LogP contribution >= 0.6 is 0 Å². The quantitative estimate of drug-likeness (QED) is 0.524. The Morgan fingerprint density at radius 3 is 2.46 bits per heavy atom. The largest absolute Gasteiger partial charge is 0.493 e. The number of aromatic amines is 1. The molecular weight excluding hydrogens is 397 g/mol. The van der Waals surface area contributed by atoms with Gasteiger partial charge in [-0.3, -0.25) is 14.8 Å². The van der Waals surface area contributed by atoms with Crippen LogP contribution in [0.15, 0.2) is 38.8 Å². The molecule has 0 unspecified atom stereocenters. The lowest BCUT2D eigenvalue weighted by molar-refractivity contribution is -0.138. The highest BCUT2D eigenvalue weighted by atomic mass is 32.2. The number of aliphatic carboxylic acids is 1. The molecular formula is C16H16FN3O7S. The van der Waals surface area contributed by atoms with E-state index < -0.39 is 56.1 Å². The molecule has 12 heteroatoms. The van der Waals surface area contributed by atoms with Crippen molar-refractivity contribution >= 4 is 22.0 Å². The second-order valence-corrected chi connectivity index (χ2v) is 8.12. The van der Waals surface area contributed by atoms with Gasteiger partial charge >= 0.3 is 11.7 Å². The number of sulfone groups is 1. The van der Waals surface area contributed by atoms with Gasteiger partial charge in [0.05, 0.1) is 11.4 Å². The predicted molar refractivity (Wildman–Crippen MR) is 97.6 cm³/mol. The van der Waals surface area contributed by atoms with E-state index in [1.807, 2.05) is 4.98 Å². The number of carboxylic acids is 1. The molecule has 1 aromatic heterocycles. The van der Waals surface area contributed by atoms with E-state index in [9.17, 15) is 32.3 Å². The summed E-state index contributed by atoms with van der Waals surface area (Å²) in [7, 11) is -3.43. The summed E-state index contributed by atoms with van der Waals surface area (Å²) in [5.41, 5.74) is -2.51. The van der Waals surface area contributed by atoms with Gasteiger partial charge in [0.2, 0.25) is 5.88 Å². The molecule has 0 radical (unpaired) electrons. The molecule has 0 saturated heterocycles. The molecule has 2 aromatic rings. The molecule has 0 amide bonds. The fourth-order valence-electron chi connectivity index (χ4n) is 2.24. The third kappa shape index (κ3) is 5.13. The second kappa shape index (κ2) is 8.17. The van der Waals surface area contributed by atoms with Crippen molar-refractivity contribution < 1.29 is 27.8 Å². The second-order valence-electron chi connectivity index (χ2n) is 5.86. The number of nitrogens with one attached hydrogen (secondary N) is 1. The highest BCUT2D eigenvalue weighted by Crippen LogP contribution is 2.16. The minimum absolute atomic E-state index is 0.0432. The molecule has 3 N–H and O–H groups in total. The Morgan fingerprint density at radius 2 is 1.93 bits per heavy atom. The Bertz CT molecular complexity index is 1130. The van der Waals surface area contributed by atoms with Crippen LogP contribution in [0.5, 0.6) is 5.88 Å². The first-order valence-corrected chi connectivity index (χ1v) is 9.83. The zero-order valence-corrected chi connectivity index (χ0v) is 15.3. The SMILES string of the molecule is CS(=O)(=O)CC[C@@H](N=Cc1c(O)n(-c2ccc(F)cc2)c(=O)[nH]c1=O)C(=O)O. The minimum Gasteiger partial charge on any atom is -0.493 e. The van der Waals surface area contributed by atoms with Crippen LogP contribution in [0.1, 0.15) is 12.0 Å². The van der Waals surface area contributed by atoms with E-state index in [4.69, 9.17) is 5.11 Å². The van der Waals surface area contributed by atoms with Crippen molar-refractivity contribution in [1.82, 2.24) is 9.55 Å². The number of carboxylic acid groups (broad SMARTS) is 1. The maximum absolute atomic E-state index is 13.1. The van der Waals surface area contributed by atoms with Gasteiger partial charge in [-0.2, -0.15) is 0 Å². The Labute approximate surface area is 157 Å². The molecule has 2 rings (SSSR count). The summed E-state index contributed by atoms with van der Waals surface area (Å²) in [6, 6.07) is 2.95. The molecule has 0 aliphatic rings. The Hall–Kier alpha value is -3.28. The van der Waals surface area contributed by atoms with E-state index in [2.05, 4.69) is 4.99 Å². The highest BCUT2D eigenvalue weighted by molar-refractivity contribution is 7.90. The zero-order chi connectivity index (χ0) is 21.1. The van der Waals surface area contributed by atoms with E-state index >= 15 is 0 Å². The molecule has 1 atom stereocenters. The van der Waals surface area contributed by atoms with Crippen molar-refractivity contribution in [2.45, 2.75) is 12.5 Å². The minimum atomic E-state index is -3.43. The lowest BCUT2D eigenvalue weighted by Crippen LogP contribution is -2.31. The maximum atomic E-state index is 13.1. The first-order valence-electron chi connectivity index (χ1n) is 7.77. The summed E-state index contributed by atoms with van der Waals surface area (Å²) in [4.78, 5) is 40.8. The van der Waals surface area contributed by atoms with E-state index in [1.54, 1.807) is 0 Å². The lowest BCUT2D eigenvalue weighted by Gasteiger charge is -2.10. The molecule has 1 heterocycles. The summed E-state index contributed by atoms with van der Waals surface area (Å²) in [5.74, 6) is -3.30. The van der Waals surface area contributed by atoms with Gasteiger partial charge in [-0.1, -0.05) is 0 Å². The van der Waals surface area contributed by atoms with Crippen LogP contribution in [0, 0.1) is 5.82 Å². The third-order valence-corrected chi connectivity index (χ3v) is 4.61. The zero-order valence-electron chi connectivity index (χ0n) is 14.5. The number of H-pyrrole nitrogens is 1. The van der Waals surface area contributed by atoms with Gasteiger partial charge in [0.15, 0.2) is 0 Å². The van der Waals surface area contributed by atoms with Crippen LogP contribution in [0.2, 0.25) is 0 Å². The van der Waals surface area contributed by atoms with E-state index in [0.717, 1.165) is 24.6 Å². The van der Waals surface area contributed by atoms with Crippen molar-refractivity contribution in [3.05, 3.63) is 56.5 Å². The summed E-state index contributed by atoms with van der Waals surface area (Å²) in [6.45, 7) is 0. The molecule has 28 heavy (non-hydrogen) atoms. The number of nitrogens with zero attached hydrogens (tertiary/aromatic N) is 2. The molecule has 0 fully saturated rings. The summed E-state index contributed by atoms with van der Waals surface area (Å²) >= 11 is 0. The first-order chi connectivity index (χ1) is 13.0. The Balaban J connectivity index is 2.47. The number of rotatable bonds is 7. The van der Waals surface area contributed by atoms with Gasteiger partial charge in [-0.05, 0) is 30.7 Å². The molecule has 0 spiro atoms. The van der Waals surface area contributed by atoms with Crippen LogP contribution in [0.25, 0.3) is 5.69 Å². The Morgan fingerprint density at radius 1 is 1.32 bits per heavy atom. The number of hydrogen-bond acceptors (Lipinski definition) is 7. The van der Waals surface area contributed by atoms with Crippen molar-refractivity contribution in [3.63, 3.8) is 0 Å². The normalized spacial score (nSPS) is 12.9. The van der Waals surface area contributed by atoms with Gasteiger partial charge < -0.3 is 10.2 Å². The van der Waals surface area contributed by atoms with E-state index in [0.29, 0.717) is 4.57 Å². The summed E-state index contributed by atoms with van der Waals surface area (Å²) < 4.78 is 36.1. The summed E-state index contributed by atoms with van der Waals surface area (Å²) in [5, 5.41) is 19.4. The average molecular weight is 413 g/mol. The van der Waals surface area contributed by atoms with E-state index in [-0.39, 0.29) is 12.1 Å². The number of benzene rings is 1. The smallest absolute Gasteiger partial charge is 0.335 e. The number of aliphatic imine (C=N–C) groups is 1. The molecule has 0 saturated carbocycles. The predicted octanol–water partition coefficient (Wildman–Crippen LogP) is -0.323. The molecule has 1 aromatic carbocycles. The molecule has 0 bridgehead atoms. The number of aromatic hydroxyl groups is 1. The van der Waals surface area contributed by atoms with Crippen LogP contribution in [0.3, 0.4) is 0 Å². The van der Waals surface area contributed by atoms with Crippen molar-refractivity contribution in [2.24, 2.45) is 4.99 Å². The number of aromatic nitrogens is 2. The van der Waals surface area contributed by atoms with Gasteiger partial charge in [0, 0.05) is 12.5 Å². The van der Waals surface area contributed by atoms with Crippen molar-refractivity contribution in [2.75, 3.05) is 12.0 Å². The number of hydrogen-bond donors (Lipinski definition) is 3. The lowest BCUT2D eigenvalue weighted by atomic mass is 10.2. The van der Waals surface area contributed by atoms with Crippen LogP contribution < -0.4 is 11.2 Å². The topological polar surface area (TPSA) is 159 Å². The molecule has 150 valence electrons. The highest BCUT2D eigenvalue weighted by Gasteiger charge is 2.19. The van der Waals surface area contributed by atoms with Gasteiger partial charge in [-0.25, -0.2) is 27.0 Å². The fourth-order valence-corrected chi connectivity index (χ4v) is 2.89. The fraction of sp³-hybridized carbons (Fsp3) is 0.250. The Kier molecular flexibility index (Phi) is 6.13. The van der Waals surface area contributed by atoms with Gasteiger partial charge in [-0.15, -0.1) is 0 Å². The van der Waals surface area contributed by atoms with Crippen molar-refractivity contribution in [3.8, 4) is 11.6 Å². The number of carbonyl (C=O) groups is 1. The molecule has 0 aliphatic carbocycles. The summed E-state index contributed by atoms with van der Waals surface area (Å²) in [6.07, 6.45) is 1.33. The molecule has 0 aliphatic heterocycles. The number of halogens is 1. The van der Waals surface area contributed by atoms with E-state index in [1.165, 1.54) is 12.1 Å². The maximum Gasteiger partial charge on any atom is 0.335 e.